The van der Waals surface area contributed by atoms with Crippen molar-refractivity contribution in [3.63, 3.8) is 0 Å². The van der Waals surface area contributed by atoms with E-state index in [0.29, 0.717) is 18.9 Å². The minimum Gasteiger partial charge on any atom is -0.496 e. The minimum atomic E-state index is 0.0443. The Morgan fingerprint density at radius 2 is 2.05 bits per heavy atom. The number of nitrogens with two attached hydrogens (primary N) is 1. The highest BCUT2D eigenvalue weighted by atomic mass is 16.5. The number of rotatable bonds is 7. The maximum Gasteiger partial charge on any atom is 0.224 e. The van der Waals surface area contributed by atoms with Gasteiger partial charge in [0.25, 0.3) is 0 Å². The molecule has 0 bridgehead atoms. The summed E-state index contributed by atoms with van der Waals surface area (Å²) in [5.41, 5.74) is 8.37. The lowest BCUT2D eigenvalue weighted by Crippen LogP contribution is -2.15. The van der Waals surface area contributed by atoms with E-state index in [1.54, 1.807) is 7.11 Å². The Kier molecular flexibility index (Phi) is 6.52. The summed E-state index contributed by atoms with van der Waals surface area (Å²) in [5.74, 6) is 1.36. The number of carbonyl (C=O) groups is 1. The highest BCUT2D eigenvalue weighted by Crippen LogP contribution is 2.29. The first-order valence-corrected chi connectivity index (χ1v) is 7.13. The number of carbonyl (C=O) groups excluding carboxylic acids is 1. The maximum atomic E-state index is 12.0. The lowest BCUT2D eigenvalue weighted by atomic mass is 10.0. The predicted molar refractivity (Wildman–Crippen MR) is 83.2 cm³/mol. The van der Waals surface area contributed by atoms with Gasteiger partial charge in [-0.1, -0.05) is 13.0 Å². The molecular weight excluding hydrogens is 252 g/mol. The third-order valence-electron chi connectivity index (χ3n) is 3.60. The van der Waals surface area contributed by atoms with Crippen LogP contribution in [0.3, 0.4) is 0 Å². The second-order valence-electron chi connectivity index (χ2n) is 5.36. The summed E-state index contributed by atoms with van der Waals surface area (Å²) in [6.45, 7) is 6.75. The van der Waals surface area contributed by atoms with Gasteiger partial charge >= 0.3 is 0 Å². The molecule has 1 rings (SSSR count). The van der Waals surface area contributed by atoms with Gasteiger partial charge in [-0.2, -0.15) is 0 Å². The topological polar surface area (TPSA) is 64.3 Å². The fourth-order valence-electron chi connectivity index (χ4n) is 2.30. The molecule has 112 valence electrons. The molecule has 0 aliphatic heterocycles. The maximum absolute atomic E-state index is 12.0. The second kappa shape index (κ2) is 7.90. The molecule has 0 saturated heterocycles. The van der Waals surface area contributed by atoms with Crippen molar-refractivity contribution in [1.29, 1.82) is 0 Å². The van der Waals surface area contributed by atoms with E-state index >= 15 is 0 Å². The smallest absolute Gasteiger partial charge is 0.224 e. The largest absolute Gasteiger partial charge is 0.496 e. The van der Waals surface area contributed by atoms with Crippen LogP contribution in [-0.4, -0.2) is 19.6 Å². The molecule has 0 radical (unpaired) electrons. The van der Waals surface area contributed by atoms with Gasteiger partial charge in [-0.15, -0.1) is 0 Å². The van der Waals surface area contributed by atoms with Gasteiger partial charge in [-0.05, 0) is 50.8 Å². The van der Waals surface area contributed by atoms with E-state index in [-0.39, 0.29) is 5.91 Å². The molecule has 1 unspecified atom stereocenters. The molecule has 0 heterocycles. The average Bonchev–Trinajstić information content (AvgIpc) is 2.41. The Balaban J connectivity index is 2.62. The van der Waals surface area contributed by atoms with Crippen LogP contribution in [0.2, 0.25) is 0 Å². The summed E-state index contributed by atoms with van der Waals surface area (Å²) in [6.07, 6.45) is 2.35. The van der Waals surface area contributed by atoms with Crippen LogP contribution in [0.15, 0.2) is 12.1 Å². The lowest BCUT2D eigenvalue weighted by Gasteiger charge is -2.15. The number of anilines is 1. The highest BCUT2D eigenvalue weighted by molar-refractivity contribution is 5.92. The van der Waals surface area contributed by atoms with E-state index in [0.717, 1.165) is 35.4 Å². The van der Waals surface area contributed by atoms with Gasteiger partial charge in [-0.3, -0.25) is 4.79 Å². The number of aryl methyl sites for hydroxylation is 1. The average molecular weight is 278 g/mol. The fourth-order valence-corrected chi connectivity index (χ4v) is 2.30. The van der Waals surface area contributed by atoms with E-state index in [1.165, 1.54) is 0 Å². The second-order valence-corrected chi connectivity index (χ2v) is 5.36. The van der Waals surface area contributed by atoms with Crippen LogP contribution in [0.1, 0.15) is 37.3 Å². The zero-order valence-electron chi connectivity index (χ0n) is 13.0. The normalized spacial score (nSPS) is 12.1. The van der Waals surface area contributed by atoms with Crippen LogP contribution in [0, 0.1) is 19.8 Å². The molecule has 0 spiro atoms. The molecule has 0 aromatic heterocycles. The number of ether oxygens (including phenoxy) is 1. The molecule has 0 fully saturated rings. The summed E-state index contributed by atoms with van der Waals surface area (Å²) >= 11 is 0. The zero-order valence-corrected chi connectivity index (χ0v) is 13.0. The first-order chi connectivity index (χ1) is 9.49. The van der Waals surface area contributed by atoms with Crippen LogP contribution in [0.4, 0.5) is 5.69 Å². The molecule has 4 heteroatoms. The van der Waals surface area contributed by atoms with Gasteiger partial charge in [0.2, 0.25) is 5.91 Å². The predicted octanol–water partition coefficient (Wildman–Crippen LogP) is 3.02. The van der Waals surface area contributed by atoms with Crippen molar-refractivity contribution in [2.24, 2.45) is 11.7 Å². The van der Waals surface area contributed by atoms with Crippen molar-refractivity contribution < 1.29 is 9.53 Å². The Morgan fingerprint density at radius 1 is 1.35 bits per heavy atom. The van der Waals surface area contributed by atoms with Crippen LogP contribution in [0.25, 0.3) is 0 Å². The fraction of sp³-hybridized carbons (Fsp3) is 0.562. The van der Waals surface area contributed by atoms with Crippen LogP contribution in [0.5, 0.6) is 5.75 Å². The molecule has 3 N–H and O–H groups in total. The number of benzene rings is 1. The van der Waals surface area contributed by atoms with Gasteiger partial charge < -0.3 is 15.8 Å². The minimum absolute atomic E-state index is 0.0443. The van der Waals surface area contributed by atoms with E-state index in [1.807, 2.05) is 26.0 Å². The highest BCUT2D eigenvalue weighted by Gasteiger charge is 2.11. The van der Waals surface area contributed by atoms with Crippen LogP contribution >= 0.6 is 0 Å². The number of nitrogens with one attached hydrogen (secondary N) is 1. The van der Waals surface area contributed by atoms with E-state index < -0.39 is 0 Å². The van der Waals surface area contributed by atoms with Crippen molar-refractivity contribution in [3.8, 4) is 5.75 Å². The van der Waals surface area contributed by atoms with Gasteiger partial charge in [-0.25, -0.2) is 0 Å². The molecule has 0 aliphatic carbocycles. The molecular formula is C16H26N2O2. The summed E-state index contributed by atoms with van der Waals surface area (Å²) in [5, 5.41) is 2.96. The number of amides is 1. The molecule has 1 aromatic rings. The number of hydrogen-bond acceptors (Lipinski definition) is 3. The molecule has 0 saturated carbocycles. The Labute approximate surface area is 121 Å². The Hall–Kier alpha value is -1.55. The number of hydrogen-bond donors (Lipinski definition) is 2. The van der Waals surface area contributed by atoms with Crippen molar-refractivity contribution >= 4 is 11.6 Å². The van der Waals surface area contributed by atoms with Crippen molar-refractivity contribution in [1.82, 2.24) is 0 Å². The van der Waals surface area contributed by atoms with Crippen LogP contribution in [-0.2, 0) is 4.79 Å². The van der Waals surface area contributed by atoms with Gasteiger partial charge in [0.05, 0.1) is 7.11 Å². The zero-order chi connectivity index (χ0) is 15.1. The van der Waals surface area contributed by atoms with Crippen molar-refractivity contribution in [2.45, 2.75) is 40.0 Å². The SMILES string of the molecule is COc1c(C)ccc(NC(=O)CCC(C)CCN)c1C. The third-order valence-corrected chi connectivity index (χ3v) is 3.60. The van der Waals surface area contributed by atoms with Gasteiger partial charge in [0, 0.05) is 17.7 Å². The van der Waals surface area contributed by atoms with Gasteiger partial charge in [0.1, 0.15) is 5.75 Å². The Bertz CT molecular complexity index is 458. The first kappa shape index (κ1) is 16.5. The van der Waals surface area contributed by atoms with Crippen molar-refractivity contribution in [2.75, 3.05) is 19.0 Å². The number of methoxy groups -OCH3 is 1. The monoisotopic (exact) mass is 278 g/mol. The summed E-state index contributed by atoms with van der Waals surface area (Å²) < 4.78 is 5.36. The molecule has 4 nitrogen and oxygen atoms in total. The van der Waals surface area contributed by atoms with E-state index in [2.05, 4.69) is 12.2 Å². The molecule has 0 aliphatic rings. The molecule has 1 amide bonds. The summed E-state index contributed by atoms with van der Waals surface area (Å²) in [7, 11) is 1.65. The standard InChI is InChI=1S/C16H26N2O2/c1-11(9-10-17)5-8-15(19)18-14-7-6-12(2)16(20-4)13(14)3/h6-7,11H,5,8-10,17H2,1-4H3,(H,18,19). The van der Waals surface area contributed by atoms with Crippen LogP contribution < -0.4 is 15.8 Å². The summed E-state index contributed by atoms with van der Waals surface area (Å²) in [6, 6.07) is 3.88. The van der Waals surface area contributed by atoms with Gasteiger partial charge in [0.15, 0.2) is 0 Å². The Morgan fingerprint density at radius 3 is 2.65 bits per heavy atom. The third kappa shape index (κ3) is 4.53. The van der Waals surface area contributed by atoms with E-state index in [9.17, 15) is 4.79 Å². The quantitative estimate of drug-likeness (QED) is 0.805. The van der Waals surface area contributed by atoms with E-state index in [4.69, 9.17) is 10.5 Å². The molecule has 1 aromatic carbocycles. The lowest BCUT2D eigenvalue weighted by molar-refractivity contribution is -0.116. The van der Waals surface area contributed by atoms with Crippen molar-refractivity contribution in [3.05, 3.63) is 23.3 Å². The molecule has 20 heavy (non-hydrogen) atoms. The first-order valence-electron chi connectivity index (χ1n) is 7.13. The summed E-state index contributed by atoms with van der Waals surface area (Å²) in [4.78, 5) is 12.0. The molecule has 1 atom stereocenters.